The predicted molar refractivity (Wildman–Crippen MR) is 62.9 cm³/mol. The molecule has 0 bridgehead atoms. The van der Waals surface area contributed by atoms with Gasteiger partial charge in [-0.1, -0.05) is 30.3 Å². The Morgan fingerprint density at radius 3 is 2.31 bits per heavy atom. The first-order valence-corrected chi connectivity index (χ1v) is 4.87. The lowest BCUT2D eigenvalue weighted by molar-refractivity contribution is 0.628. The summed E-state index contributed by atoms with van der Waals surface area (Å²) in [6.45, 7) is 0. The third-order valence-electron chi connectivity index (χ3n) is 2.35. The first-order chi connectivity index (χ1) is 7.66. The highest BCUT2D eigenvalue weighted by Crippen LogP contribution is 2.20. The normalized spacial score (nSPS) is 10.1. The topological polar surface area (TPSA) is 49.9 Å². The fourth-order valence-electron chi connectivity index (χ4n) is 1.51. The minimum atomic E-state index is -0.258. The van der Waals surface area contributed by atoms with Crippen LogP contribution in [0.5, 0.6) is 0 Å². The molecule has 80 valence electrons. The molecule has 0 heterocycles. The Balaban J connectivity index is 2.44. The minimum absolute atomic E-state index is 0.0314. The van der Waals surface area contributed by atoms with E-state index in [0.717, 1.165) is 11.1 Å². The molecule has 16 heavy (non-hydrogen) atoms. The van der Waals surface area contributed by atoms with Gasteiger partial charge in [-0.3, -0.25) is 5.41 Å². The van der Waals surface area contributed by atoms with Gasteiger partial charge >= 0.3 is 0 Å². The molecule has 0 spiro atoms. The van der Waals surface area contributed by atoms with Crippen LogP contribution in [0.1, 0.15) is 5.56 Å². The molecule has 2 rings (SSSR count). The van der Waals surface area contributed by atoms with Crippen molar-refractivity contribution in [2.45, 2.75) is 0 Å². The Morgan fingerprint density at radius 1 is 1.00 bits per heavy atom. The van der Waals surface area contributed by atoms with Gasteiger partial charge in [0.05, 0.1) is 0 Å². The van der Waals surface area contributed by atoms with Crippen LogP contribution in [0.4, 0.5) is 4.39 Å². The molecule has 0 radical (unpaired) electrons. The number of rotatable bonds is 2. The Morgan fingerprint density at radius 2 is 1.69 bits per heavy atom. The zero-order chi connectivity index (χ0) is 11.5. The summed E-state index contributed by atoms with van der Waals surface area (Å²) in [5, 5.41) is 7.35. The highest BCUT2D eigenvalue weighted by atomic mass is 19.1. The third kappa shape index (κ3) is 2.08. The van der Waals surface area contributed by atoms with Crippen LogP contribution in [0, 0.1) is 11.2 Å². The van der Waals surface area contributed by atoms with Crippen molar-refractivity contribution in [3.63, 3.8) is 0 Å². The van der Waals surface area contributed by atoms with Crippen LogP contribution in [0.3, 0.4) is 0 Å². The maximum Gasteiger partial charge on any atom is 0.123 e. The molecule has 0 aliphatic carbocycles. The second kappa shape index (κ2) is 4.14. The van der Waals surface area contributed by atoms with Crippen molar-refractivity contribution in [3.8, 4) is 11.1 Å². The average Bonchev–Trinajstić information content (AvgIpc) is 2.30. The van der Waals surface area contributed by atoms with Crippen molar-refractivity contribution < 1.29 is 4.39 Å². The molecule has 2 nitrogen and oxygen atoms in total. The van der Waals surface area contributed by atoms with Gasteiger partial charge in [0, 0.05) is 5.56 Å². The van der Waals surface area contributed by atoms with Crippen molar-refractivity contribution in [2.75, 3.05) is 0 Å². The van der Waals surface area contributed by atoms with E-state index in [-0.39, 0.29) is 11.7 Å². The van der Waals surface area contributed by atoms with E-state index in [1.165, 1.54) is 12.1 Å². The third-order valence-corrected chi connectivity index (χ3v) is 2.35. The van der Waals surface area contributed by atoms with E-state index in [1.54, 1.807) is 18.2 Å². The molecule has 0 saturated carbocycles. The van der Waals surface area contributed by atoms with E-state index in [4.69, 9.17) is 11.1 Å². The molecule has 0 fully saturated rings. The van der Waals surface area contributed by atoms with Gasteiger partial charge in [0.15, 0.2) is 0 Å². The van der Waals surface area contributed by atoms with E-state index in [2.05, 4.69) is 0 Å². The van der Waals surface area contributed by atoms with Crippen LogP contribution in [-0.4, -0.2) is 5.84 Å². The fourth-order valence-corrected chi connectivity index (χ4v) is 1.51. The lowest BCUT2D eigenvalue weighted by atomic mass is 10.0. The van der Waals surface area contributed by atoms with Crippen molar-refractivity contribution >= 4 is 5.84 Å². The molecule has 0 amide bonds. The summed E-state index contributed by atoms with van der Waals surface area (Å²) in [6.07, 6.45) is 0. The van der Waals surface area contributed by atoms with Gasteiger partial charge in [-0.05, 0) is 29.3 Å². The standard InChI is InChI=1S/C13H11FN2/c14-12-6-4-9(5-7-12)10-2-1-3-11(8-10)13(15)16/h1-8H,(H3,15,16). The SMILES string of the molecule is N=C(N)c1cccc(-c2ccc(F)cc2)c1. The largest absolute Gasteiger partial charge is 0.384 e. The Labute approximate surface area is 93.0 Å². The van der Waals surface area contributed by atoms with Crippen LogP contribution in [-0.2, 0) is 0 Å². The number of amidine groups is 1. The van der Waals surface area contributed by atoms with Gasteiger partial charge in [-0.2, -0.15) is 0 Å². The highest BCUT2D eigenvalue weighted by Gasteiger charge is 2.01. The van der Waals surface area contributed by atoms with Gasteiger partial charge in [-0.15, -0.1) is 0 Å². The lowest BCUT2D eigenvalue weighted by Gasteiger charge is -2.04. The van der Waals surface area contributed by atoms with Crippen molar-refractivity contribution in [1.82, 2.24) is 0 Å². The summed E-state index contributed by atoms with van der Waals surface area (Å²) in [5.74, 6) is -0.226. The van der Waals surface area contributed by atoms with Crippen LogP contribution in [0.25, 0.3) is 11.1 Å². The van der Waals surface area contributed by atoms with E-state index < -0.39 is 0 Å². The second-order valence-corrected chi connectivity index (χ2v) is 3.50. The molecule has 0 saturated heterocycles. The summed E-state index contributed by atoms with van der Waals surface area (Å²) in [7, 11) is 0. The lowest BCUT2D eigenvalue weighted by Crippen LogP contribution is -2.10. The number of hydrogen-bond donors (Lipinski definition) is 2. The smallest absolute Gasteiger partial charge is 0.123 e. The second-order valence-electron chi connectivity index (χ2n) is 3.50. The number of hydrogen-bond acceptors (Lipinski definition) is 1. The van der Waals surface area contributed by atoms with E-state index in [0.29, 0.717) is 5.56 Å². The zero-order valence-corrected chi connectivity index (χ0v) is 8.57. The van der Waals surface area contributed by atoms with Gasteiger partial charge in [0.2, 0.25) is 0 Å². The van der Waals surface area contributed by atoms with Crippen LogP contribution < -0.4 is 5.73 Å². The molecule has 0 unspecified atom stereocenters. The van der Waals surface area contributed by atoms with E-state index in [9.17, 15) is 4.39 Å². The molecular weight excluding hydrogens is 203 g/mol. The molecule has 0 aliphatic rings. The van der Waals surface area contributed by atoms with Crippen LogP contribution in [0.15, 0.2) is 48.5 Å². The predicted octanol–water partition coefficient (Wildman–Crippen LogP) is 2.78. The van der Waals surface area contributed by atoms with Crippen molar-refractivity contribution in [2.24, 2.45) is 5.73 Å². The molecule has 0 aliphatic heterocycles. The first-order valence-electron chi connectivity index (χ1n) is 4.87. The number of nitrogens with one attached hydrogen (secondary N) is 1. The summed E-state index contributed by atoms with van der Waals surface area (Å²) in [6, 6.07) is 13.6. The Kier molecular flexibility index (Phi) is 2.68. The Bertz CT molecular complexity index is 518. The van der Waals surface area contributed by atoms with Crippen LogP contribution in [0.2, 0.25) is 0 Å². The van der Waals surface area contributed by atoms with Gasteiger partial charge < -0.3 is 5.73 Å². The molecule has 0 aromatic heterocycles. The fraction of sp³-hybridized carbons (Fsp3) is 0. The van der Waals surface area contributed by atoms with Crippen molar-refractivity contribution in [1.29, 1.82) is 5.41 Å². The maximum atomic E-state index is 12.8. The zero-order valence-electron chi connectivity index (χ0n) is 8.57. The van der Waals surface area contributed by atoms with E-state index >= 15 is 0 Å². The summed E-state index contributed by atoms with van der Waals surface area (Å²) >= 11 is 0. The highest BCUT2D eigenvalue weighted by molar-refractivity contribution is 5.96. The quantitative estimate of drug-likeness (QED) is 0.586. The minimum Gasteiger partial charge on any atom is -0.384 e. The van der Waals surface area contributed by atoms with Crippen molar-refractivity contribution in [3.05, 3.63) is 59.9 Å². The monoisotopic (exact) mass is 214 g/mol. The van der Waals surface area contributed by atoms with Gasteiger partial charge in [-0.25, -0.2) is 4.39 Å². The van der Waals surface area contributed by atoms with Gasteiger partial charge in [0.25, 0.3) is 0 Å². The molecule has 2 aromatic rings. The van der Waals surface area contributed by atoms with Gasteiger partial charge in [0.1, 0.15) is 11.7 Å². The molecule has 3 heteroatoms. The van der Waals surface area contributed by atoms with E-state index in [1.807, 2.05) is 18.2 Å². The number of halogens is 1. The summed E-state index contributed by atoms with van der Waals surface area (Å²) in [5.41, 5.74) is 7.91. The average molecular weight is 214 g/mol. The first kappa shape index (κ1) is 10.4. The Hall–Kier alpha value is -2.16. The summed E-state index contributed by atoms with van der Waals surface area (Å²) < 4.78 is 12.8. The number of nitrogen functional groups attached to an aromatic ring is 1. The molecular formula is C13H11FN2. The molecule has 0 atom stereocenters. The maximum absolute atomic E-state index is 12.8. The molecule has 3 N–H and O–H groups in total. The summed E-state index contributed by atoms with van der Waals surface area (Å²) in [4.78, 5) is 0. The molecule has 2 aromatic carbocycles. The van der Waals surface area contributed by atoms with Crippen LogP contribution >= 0.6 is 0 Å². The number of nitrogens with two attached hydrogens (primary N) is 1. The number of benzene rings is 2.